The third-order valence-electron chi connectivity index (χ3n) is 5.18. The lowest BCUT2D eigenvalue weighted by Crippen LogP contribution is -2.33. The van der Waals surface area contributed by atoms with Crippen LogP contribution in [0.3, 0.4) is 0 Å². The van der Waals surface area contributed by atoms with Crippen LogP contribution in [0.2, 0.25) is 0 Å². The van der Waals surface area contributed by atoms with Gasteiger partial charge in [0.05, 0.1) is 23.1 Å². The Morgan fingerprint density at radius 3 is 3.00 bits per heavy atom. The molecule has 1 aliphatic heterocycles. The minimum Gasteiger partial charge on any atom is -0.458 e. The van der Waals surface area contributed by atoms with Crippen molar-refractivity contribution in [3.05, 3.63) is 75.9 Å². The highest BCUT2D eigenvalue weighted by molar-refractivity contribution is 14.1. The first kappa shape index (κ1) is 18.3. The first-order valence-corrected chi connectivity index (χ1v) is 10.6. The van der Waals surface area contributed by atoms with Crippen molar-refractivity contribution in [3.63, 3.8) is 0 Å². The number of hydrogen-bond donors (Lipinski definition) is 2. The van der Waals surface area contributed by atoms with Gasteiger partial charge in [-0.05, 0) is 30.5 Å². The number of halogens is 1. The van der Waals surface area contributed by atoms with Gasteiger partial charge in [-0.2, -0.15) is 0 Å². The smallest absolute Gasteiger partial charge is 0.200 e. The summed E-state index contributed by atoms with van der Waals surface area (Å²) in [5, 5.41) is 2.47. The average Bonchev–Trinajstić information content (AvgIpc) is 3.05. The molecule has 0 bridgehead atoms. The third kappa shape index (κ3) is 3.12. The zero-order valence-electron chi connectivity index (χ0n) is 15.4. The van der Waals surface area contributed by atoms with Gasteiger partial charge in [-0.1, -0.05) is 53.0 Å². The Morgan fingerprint density at radius 1 is 1.31 bits per heavy atom. The number of nitrogens with one attached hydrogen (secondary N) is 1. The molecular formula is C21H18IN5O2. The van der Waals surface area contributed by atoms with Crippen LogP contribution >= 0.6 is 22.6 Å². The van der Waals surface area contributed by atoms with Gasteiger partial charge in [-0.15, -0.1) is 0 Å². The normalized spacial score (nSPS) is 18.2. The molecule has 0 spiro atoms. The lowest BCUT2D eigenvalue weighted by Gasteiger charge is -2.21. The minimum atomic E-state index is -0.0590. The summed E-state index contributed by atoms with van der Waals surface area (Å²) < 4.78 is 6.19. The molecule has 3 heterocycles. The molecule has 1 aliphatic carbocycles. The lowest BCUT2D eigenvalue weighted by atomic mass is 9.95. The highest BCUT2D eigenvalue weighted by atomic mass is 127. The van der Waals surface area contributed by atoms with Gasteiger partial charge in [0.1, 0.15) is 27.5 Å². The molecule has 29 heavy (non-hydrogen) atoms. The Kier molecular flexibility index (Phi) is 4.59. The van der Waals surface area contributed by atoms with Crippen LogP contribution in [0.5, 0.6) is 0 Å². The van der Waals surface area contributed by atoms with Crippen molar-refractivity contribution >= 4 is 50.8 Å². The van der Waals surface area contributed by atoms with E-state index in [0.29, 0.717) is 40.5 Å². The Labute approximate surface area is 180 Å². The van der Waals surface area contributed by atoms with Crippen LogP contribution in [0.15, 0.2) is 58.0 Å². The van der Waals surface area contributed by atoms with Crippen molar-refractivity contribution in [1.29, 1.82) is 0 Å². The number of benzene rings is 1. The molecule has 8 heteroatoms. The number of hydrogen-bond acceptors (Lipinski definition) is 7. The summed E-state index contributed by atoms with van der Waals surface area (Å²) in [5.41, 5.74) is 12.4. The van der Waals surface area contributed by atoms with Crippen LogP contribution in [0.25, 0.3) is 16.5 Å². The topological polar surface area (TPSA) is 97.3 Å². The second-order valence-electron chi connectivity index (χ2n) is 6.96. The zero-order valence-corrected chi connectivity index (χ0v) is 17.6. The third-order valence-corrected chi connectivity index (χ3v) is 6.08. The Balaban J connectivity index is 1.66. The molecule has 0 radical (unpaired) electrons. The molecule has 1 aromatic carbocycles. The van der Waals surface area contributed by atoms with E-state index in [1.807, 2.05) is 41.4 Å². The summed E-state index contributed by atoms with van der Waals surface area (Å²) in [6.45, 7) is 0.347. The largest absolute Gasteiger partial charge is 0.458 e. The Morgan fingerprint density at radius 2 is 2.17 bits per heavy atom. The van der Waals surface area contributed by atoms with Gasteiger partial charge in [0.2, 0.25) is 5.43 Å². The van der Waals surface area contributed by atoms with Crippen molar-refractivity contribution < 1.29 is 4.42 Å². The van der Waals surface area contributed by atoms with E-state index in [2.05, 4.69) is 44.1 Å². The molecule has 0 saturated heterocycles. The van der Waals surface area contributed by atoms with E-state index in [-0.39, 0.29) is 9.48 Å². The first-order valence-electron chi connectivity index (χ1n) is 9.32. The summed E-state index contributed by atoms with van der Waals surface area (Å²) in [4.78, 5) is 21.9. The van der Waals surface area contributed by atoms with Crippen molar-refractivity contribution in [1.82, 2.24) is 15.4 Å². The molecule has 146 valence electrons. The van der Waals surface area contributed by atoms with E-state index in [1.54, 1.807) is 0 Å². The molecule has 0 saturated carbocycles. The van der Waals surface area contributed by atoms with E-state index >= 15 is 0 Å². The second-order valence-corrected chi connectivity index (χ2v) is 8.20. The fourth-order valence-electron chi connectivity index (χ4n) is 3.82. The van der Waals surface area contributed by atoms with Gasteiger partial charge in [-0.3, -0.25) is 9.80 Å². The van der Waals surface area contributed by atoms with Crippen molar-refractivity contribution in [2.45, 2.75) is 23.4 Å². The van der Waals surface area contributed by atoms with Gasteiger partial charge in [-0.25, -0.2) is 15.4 Å². The standard InChI is InChI=1S/C21H18IN5O2/c22-19-17-20(23)24-11-25-21(17)27(26-19)10-15-16(12-6-2-1-3-7-12)18(28)13-8-4-5-9-14(13)29-15/h1-2,4-6,8-9,11,19,26H,3,7,10H2,(H2,23,24,25). The second kappa shape index (κ2) is 7.27. The number of hydrazine groups is 1. The van der Waals surface area contributed by atoms with Crippen LogP contribution in [0.4, 0.5) is 11.6 Å². The molecule has 1 unspecified atom stereocenters. The van der Waals surface area contributed by atoms with Gasteiger partial charge in [0.15, 0.2) is 5.82 Å². The number of fused-ring (bicyclic) bond motifs is 2. The fourth-order valence-corrected chi connectivity index (χ4v) is 4.75. The molecule has 5 rings (SSSR count). The number of rotatable bonds is 3. The summed E-state index contributed by atoms with van der Waals surface area (Å²) in [6, 6.07) is 7.36. The number of aromatic nitrogens is 2. The van der Waals surface area contributed by atoms with E-state index in [9.17, 15) is 4.79 Å². The molecule has 3 N–H and O–H groups in total. The summed E-state index contributed by atoms with van der Waals surface area (Å²) in [7, 11) is 0. The number of nitrogens with two attached hydrogens (primary N) is 1. The lowest BCUT2D eigenvalue weighted by molar-refractivity contribution is 0.508. The molecule has 3 aromatic rings. The SMILES string of the molecule is Nc1ncnc2c1C(I)NN2Cc1oc2ccccc2c(=O)c1C1=CC=CCC1. The van der Waals surface area contributed by atoms with Crippen molar-refractivity contribution in [2.75, 3.05) is 10.7 Å². The Bertz CT molecular complexity index is 1230. The van der Waals surface area contributed by atoms with Gasteiger partial charge < -0.3 is 10.2 Å². The Hall–Kier alpha value is -2.72. The monoisotopic (exact) mass is 499 g/mol. The van der Waals surface area contributed by atoms with Crippen LogP contribution < -0.4 is 21.6 Å². The maximum atomic E-state index is 13.4. The van der Waals surface area contributed by atoms with E-state index in [1.165, 1.54) is 6.33 Å². The number of anilines is 2. The summed E-state index contributed by atoms with van der Waals surface area (Å²) >= 11 is 2.25. The quantitative estimate of drug-likeness (QED) is 0.321. The number of nitrogens with zero attached hydrogens (tertiary/aromatic N) is 3. The van der Waals surface area contributed by atoms with Crippen molar-refractivity contribution in [2.24, 2.45) is 0 Å². The van der Waals surface area contributed by atoms with Crippen LogP contribution in [0, 0.1) is 0 Å². The molecule has 1 atom stereocenters. The maximum Gasteiger partial charge on any atom is 0.200 e. The van der Waals surface area contributed by atoms with Gasteiger partial charge in [0, 0.05) is 0 Å². The predicted molar refractivity (Wildman–Crippen MR) is 121 cm³/mol. The van der Waals surface area contributed by atoms with E-state index in [4.69, 9.17) is 10.2 Å². The summed E-state index contributed by atoms with van der Waals surface area (Å²) in [5.74, 6) is 1.76. The van der Waals surface area contributed by atoms with Crippen LogP contribution in [-0.2, 0) is 6.54 Å². The van der Waals surface area contributed by atoms with Crippen LogP contribution in [-0.4, -0.2) is 9.97 Å². The average molecular weight is 499 g/mol. The molecule has 2 aromatic heterocycles. The number of alkyl halides is 1. The predicted octanol–water partition coefficient (Wildman–Crippen LogP) is 3.86. The molecule has 0 amide bonds. The fraction of sp³-hybridized carbons (Fsp3) is 0.190. The van der Waals surface area contributed by atoms with Crippen molar-refractivity contribution in [3.8, 4) is 0 Å². The molecular weight excluding hydrogens is 481 g/mol. The first-order chi connectivity index (χ1) is 14.1. The zero-order chi connectivity index (χ0) is 20.0. The number of allylic oxidation sites excluding steroid dienone is 4. The highest BCUT2D eigenvalue weighted by Gasteiger charge is 2.32. The summed E-state index contributed by atoms with van der Waals surface area (Å²) in [6.07, 6.45) is 9.26. The molecule has 2 aliphatic rings. The molecule has 7 nitrogen and oxygen atoms in total. The maximum absolute atomic E-state index is 13.4. The van der Waals surface area contributed by atoms with E-state index in [0.717, 1.165) is 24.0 Å². The number of para-hydroxylation sites is 1. The van der Waals surface area contributed by atoms with E-state index < -0.39 is 0 Å². The number of nitrogen functional groups attached to an aromatic ring is 1. The van der Waals surface area contributed by atoms with Gasteiger partial charge >= 0.3 is 0 Å². The van der Waals surface area contributed by atoms with Gasteiger partial charge in [0.25, 0.3) is 0 Å². The molecule has 0 fully saturated rings. The highest BCUT2D eigenvalue weighted by Crippen LogP contribution is 2.39. The minimum absolute atomic E-state index is 0.00366. The van der Waals surface area contributed by atoms with Crippen LogP contribution in [0.1, 0.15) is 33.8 Å².